The van der Waals surface area contributed by atoms with Crippen LogP contribution in [-0.2, 0) is 11.3 Å². The van der Waals surface area contributed by atoms with Gasteiger partial charge in [0.05, 0.1) is 12.6 Å². The van der Waals surface area contributed by atoms with Crippen molar-refractivity contribution < 1.29 is 18.3 Å². The molecule has 0 aliphatic carbocycles. The minimum atomic E-state index is -2.80. The van der Waals surface area contributed by atoms with Crippen molar-refractivity contribution in [3.05, 3.63) is 29.8 Å². The van der Waals surface area contributed by atoms with Crippen molar-refractivity contribution in [1.82, 2.24) is 15.5 Å². The summed E-state index contributed by atoms with van der Waals surface area (Å²) in [5.41, 5.74) is 0.892. The Morgan fingerprint density at radius 1 is 1.39 bits per heavy atom. The Kier molecular flexibility index (Phi) is 5.90. The monoisotopic (exact) mass is 327 g/mol. The summed E-state index contributed by atoms with van der Waals surface area (Å²) in [4.78, 5) is 13.9. The third-order valence-electron chi connectivity index (χ3n) is 3.62. The molecule has 2 N–H and O–H groups in total. The number of likely N-dealkylation sites (N-methyl/N-ethyl adjacent to an activating group) is 1. The molecule has 1 aliphatic heterocycles. The third kappa shape index (κ3) is 5.76. The minimum Gasteiger partial charge on any atom is -0.492 e. The molecule has 1 heterocycles. The number of carbonyl (C=O) groups is 1. The molecular formula is C16H23F2N3O2. The van der Waals surface area contributed by atoms with Gasteiger partial charge in [-0.25, -0.2) is 8.78 Å². The van der Waals surface area contributed by atoms with Crippen LogP contribution in [0.2, 0.25) is 0 Å². The van der Waals surface area contributed by atoms with E-state index in [1.807, 2.05) is 43.3 Å². The van der Waals surface area contributed by atoms with Crippen LogP contribution in [0.3, 0.4) is 0 Å². The second-order valence-electron chi connectivity index (χ2n) is 6.01. The summed E-state index contributed by atoms with van der Waals surface area (Å²) >= 11 is 0. The minimum absolute atomic E-state index is 0.306. The molecule has 1 atom stereocenters. The SMILES string of the molecule is CN(C)CCOc1ccc(CNC(=O)C2CC(F)(F)CN2)cc1. The molecule has 7 heteroatoms. The number of hydrogen-bond donors (Lipinski definition) is 2. The van der Waals surface area contributed by atoms with Crippen molar-refractivity contribution in [3.8, 4) is 5.75 Å². The van der Waals surface area contributed by atoms with Crippen molar-refractivity contribution in [2.45, 2.75) is 24.9 Å². The molecule has 1 aliphatic rings. The van der Waals surface area contributed by atoms with Gasteiger partial charge in [-0.05, 0) is 31.8 Å². The zero-order valence-electron chi connectivity index (χ0n) is 13.4. The number of rotatable bonds is 7. The topological polar surface area (TPSA) is 53.6 Å². The van der Waals surface area contributed by atoms with Crippen molar-refractivity contribution in [3.63, 3.8) is 0 Å². The lowest BCUT2D eigenvalue weighted by Crippen LogP contribution is -2.40. The number of halogens is 2. The highest BCUT2D eigenvalue weighted by molar-refractivity contribution is 5.82. The summed E-state index contributed by atoms with van der Waals surface area (Å²) in [5, 5.41) is 5.21. The van der Waals surface area contributed by atoms with Gasteiger partial charge in [-0.1, -0.05) is 12.1 Å². The predicted molar refractivity (Wildman–Crippen MR) is 83.7 cm³/mol. The average Bonchev–Trinajstić information content (AvgIpc) is 2.86. The van der Waals surface area contributed by atoms with Gasteiger partial charge in [0.2, 0.25) is 5.91 Å². The van der Waals surface area contributed by atoms with Crippen LogP contribution >= 0.6 is 0 Å². The zero-order chi connectivity index (χ0) is 16.9. The molecule has 1 aromatic carbocycles. The Morgan fingerprint density at radius 3 is 2.65 bits per heavy atom. The average molecular weight is 327 g/mol. The molecule has 0 aromatic heterocycles. The fraction of sp³-hybridized carbons (Fsp3) is 0.562. The van der Waals surface area contributed by atoms with E-state index < -0.39 is 30.8 Å². The van der Waals surface area contributed by atoms with Crippen LogP contribution in [0.25, 0.3) is 0 Å². The number of nitrogens with one attached hydrogen (secondary N) is 2. The quantitative estimate of drug-likeness (QED) is 0.791. The van der Waals surface area contributed by atoms with Crippen molar-refractivity contribution in [2.75, 3.05) is 33.8 Å². The molecule has 1 saturated heterocycles. The Morgan fingerprint density at radius 2 is 2.09 bits per heavy atom. The van der Waals surface area contributed by atoms with Crippen LogP contribution in [0.4, 0.5) is 8.78 Å². The molecule has 0 spiro atoms. The largest absolute Gasteiger partial charge is 0.492 e. The lowest BCUT2D eigenvalue weighted by molar-refractivity contribution is -0.123. The first-order valence-corrected chi connectivity index (χ1v) is 7.61. The fourth-order valence-electron chi connectivity index (χ4n) is 2.26. The molecule has 1 amide bonds. The van der Waals surface area contributed by atoms with E-state index >= 15 is 0 Å². The molecule has 1 fully saturated rings. The zero-order valence-corrected chi connectivity index (χ0v) is 13.4. The number of carbonyl (C=O) groups excluding carboxylic acids is 1. The second-order valence-corrected chi connectivity index (χ2v) is 6.01. The van der Waals surface area contributed by atoms with E-state index in [9.17, 15) is 13.6 Å². The Labute approximate surface area is 135 Å². The summed E-state index contributed by atoms with van der Waals surface area (Å²) in [7, 11) is 3.95. The Bertz CT molecular complexity index is 521. The Balaban J connectivity index is 1.74. The van der Waals surface area contributed by atoms with E-state index in [1.54, 1.807) is 0 Å². The van der Waals surface area contributed by atoms with Crippen LogP contribution in [-0.4, -0.2) is 56.6 Å². The van der Waals surface area contributed by atoms with E-state index in [0.717, 1.165) is 17.9 Å². The summed E-state index contributed by atoms with van der Waals surface area (Å²) in [6, 6.07) is 6.54. The van der Waals surface area contributed by atoms with Gasteiger partial charge in [0.1, 0.15) is 12.4 Å². The van der Waals surface area contributed by atoms with E-state index in [-0.39, 0.29) is 0 Å². The standard InChI is InChI=1S/C16H23F2N3O2/c1-21(2)7-8-23-13-5-3-12(4-6-13)10-19-15(22)14-9-16(17,18)11-20-14/h3-6,14,20H,7-11H2,1-2H3,(H,19,22). The Hall–Kier alpha value is -1.73. The maximum absolute atomic E-state index is 13.1. The van der Waals surface area contributed by atoms with Crippen LogP contribution < -0.4 is 15.4 Å². The normalized spacial score (nSPS) is 19.8. The molecule has 23 heavy (non-hydrogen) atoms. The molecule has 1 unspecified atom stereocenters. The molecule has 5 nitrogen and oxygen atoms in total. The highest BCUT2D eigenvalue weighted by Crippen LogP contribution is 2.25. The van der Waals surface area contributed by atoms with Gasteiger partial charge < -0.3 is 15.0 Å². The summed E-state index contributed by atoms with van der Waals surface area (Å²) < 4.78 is 31.7. The lowest BCUT2D eigenvalue weighted by atomic mass is 10.1. The van der Waals surface area contributed by atoms with Crippen LogP contribution in [0.1, 0.15) is 12.0 Å². The number of benzene rings is 1. The molecule has 1 aromatic rings. The van der Waals surface area contributed by atoms with Crippen molar-refractivity contribution >= 4 is 5.91 Å². The van der Waals surface area contributed by atoms with Gasteiger partial charge in [0, 0.05) is 19.5 Å². The smallest absolute Gasteiger partial charge is 0.262 e. The van der Waals surface area contributed by atoms with Crippen LogP contribution in [0.5, 0.6) is 5.75 Å². The lowest BCUT2D eigenvalue weighted by Gasteiger charge is -2.12. The molecule has 2 rings (SSSR count). The molecule has 0 radical (unpaired) electrons. The van der Waals surface area contributed by atoms with E-state index in [2.05, 4.69) is 10.6 Å². The maximum Gasteiger partial charge on any atom is 0.262 e. The number of alkyl halides is 2. The third-order valence-corrected chi connectivity index (χ3v) is 3.62. The second kappa shape index (κ2) is 7.70. The predicted octanol–water partition coefficient (Wildman–Crippen LogP) is 1.24. The van der Waals surface area contributed by atoms with Gasteiger partial charge in [0.15, 0.2) is 0 Å². The van der Waals surface area contributed by atoms with E-state index in [4.69, 9.17) is 4.74 Å². The summed E-state index contributed by atoms with van der Waals surface area (Å²) in [6.45, 7) is 1.30. The first-order chi connectivity index (χ1) is 10.9. The first-order valence-electron chi connectivity index (χ1n) is 7.61. The van der Waals surface area contributed by atoms with Gasteiger partial charge >= 0.3 is 0 Å². The molecule has 0 bridgehead atoms. The summed E-state index contributed by atoms with van der Waals surface area (Å²) in [6.07, 6.45) is -0.447. The van der Waals surface area contributed by atoms with Crippen LogP contribution in [0, 0.1) is 0 Å². The van der Waals surface area contributed by atoms with Gasteiger partial charge in [0.25, 0.3) is 5.92 Å². The van der Waals surface area contributed by atoms with Gasteiger partial charge in [-0.15, -0.1) is 0 Å². The van der Waals surface area contributed by atoms with Gasteiger partial charge in [-0.2, -0.15) is 0 Å². The number of hydrogen-bond acceptors (Lipinski definition) is 4. The number of nitrogens with zero attached hydrogens (tertiary/aromatic N) is 1. The molecule has 128 valence electrons. The fourth-order valence-corrected chi connectivity index (χ4v) is 2.26. The molecule has 0 saturated carbocycles. The molecular weight excluding hydrogens is 304 g/mol. The van der Waals surface area contributed by atoms with Gasteiger partial charge in [-0.3, -0.25) is 10.1 Å². The highest BCUT2D eigenvalue weighted by Gasteiger charge is 2.42. The highest BCUT2D eigenvalue weighted by atomic mass is 19.3. The number of ether oxygens (including phenoxy) is 1. The van der Waals surface area contributed by atoms with Crippen molar-refractivity contribution in [1.29, 1.82) is 0 Å². The van der Waals surface area contributed by atoms with Crippen LogP contribution in [0.15, 0.2) is 24.3 Å². The maximum atomic E-state index is 13.1. The van der Waals surface area contributed by atoms with E-state index in [1.165, 1.54) is 0 Å². The number of amides is 1. The van der Waals surface area contributed by atoms with E-state index in [0.29, 0.717) is 13.2 Å². The van der Waals surface area contributed by atoms with Crippen molar-refractivity contribution in [2.24, 2.45) is 0 Å². The first kappa shape index (κ1) is 17.6. The summed E-state index contributed by atoms with van der Waals surface area (Å²) in [5.74, 6) is -2.43.